The number of aliphatic hydroxyl groups excluding tert-OH is 2. The van der Waals surface area contributed by atoms with Crippen LogP contribution in [0.4, 0.5) is 5.69 Å². The zero-order valence-corrected chi connectivity index (χ0v) is 18.6. The van der Waals surface area contributed by atoms with Crippen LogP contribution in [0.3, 0.4) is 0 Å². The zero-order valence-electron chi connectivity index (χ0n) is 18.6. The first-order valence-corrected chi connectivity index (χ1v) is 11.7. The third-order valence-corrected chi connectivity index (χ3v) is 7.13. The number of β-amino-alcohol motifs (C(OH)–C–C–N with tert-alkyl or cyclic N) is 1. The van der Waals surface area contributed by atoms with Gasteiger partial charge in [0.1, 0.15) is 11.4 Å². The van der Waals surface area contributed by atoms with Gasteiger partial charge in [0.05, 0.1) is 12.2 Å². The number of likely N-dealkylation sites (tertiary alicyclic amines) is 1. The molecule has 0 unspecified atom stereocenters. The fourth-order valence-electron chi connectivity index (χ4n) is 4.94. The normalized spacial score (nSPS) is 23.3. The maximum absolute atomic E-state index is 11.9. The summed E-state index contributed by atoms with van der Waals surface area (Å²) in [5.74, 6) is 1.07. The van der Waals surface area contributed by atoms with Gasteiger partial charge >= 0.3 is 0 Å². The van der Waals surface area contributed by atoms with E-state index in [0.29, 0.717) is 13.0 Å². The van der Waals surface area contributed by atoms with Crippen molar-refractivity contribution in [3.8, 4) is 5.75 Å². The number of amides is 1. The van der Waals surface area contributed by atoms with E-state index in [-0.39, 0.29) is 17.4 Å². The molecule has 32 heavy (non-hydrogen) atoms. The van der Waals surface area contributed by atoms with Gasteiger partial charge in [-0.05, 0) is 62.4 Å². The van der Waals surface area contributed by atoms with E-state index in [2.05, 4.69) is 10.2 Å². The van der Waals surface area contributed by atoms with Crippen molar-refractivity contribution in [3.63, 3.8) is 0 Å². The molecule has 0 aromatic heterocycles. The number of nitrogens with one attached hydrogen (secondary N) is 1. The highest BCUT2D eigenvalue weighted by Gasteiger charge is 2.43. The van der Waals surface area contributed by atoms with Gasteiger partial charge < -0.3 is 25.2 Å². The quantitative estimate of drug-likeness (QED) is 0.665. The lowest BCUT2D eigenvalue weighted by Crippen LogP contribution is -2.51. The molecule has 1 saturated heterocycles. The van der Waals surface area contributed by atoms with E-state index in [4.69, 9.17) is 4.74 Å². The largest absolute Gasteiger partial charge is 0.487 e. The molecule has 1 saturated carbocycles. The monoisotopic (exact) mass is 436 g/mol. The van der Waals surface area contributed by atoms with Crippen LogP contribution >= 0.6 is 0 Å². The van der Waals surface area contributed by atoms with Gasteiger partial charge in [-0.15, -0.1) is 0 Å². The molecule has 3 N–H and O–H groups in total. The average Bonchev–Trinajstić information content (AvgIpc) is 3.62. The molecule has 2 aromatic carbocycles. The van der Waals surface area contributed by atoms with Crippen LogP contribution in [0.2, 0.25) is 0 Å². The van der Waals surface area contributed by atoms with Crippen LogP contribution in [-0.4, -0.2) is 46.3 Å². The number of benzene rings is 2. The lowest BCUT2D eigenvalue weighted by Gasteiger charge is -2.46. The highest BCUT2D eigenvalue weighted by Crippen LogP contribution is 2.44. The number of ether oxygens (including phenoxy) is 1. The molecule has 2 fully saturated rings. The summed E-state index contributed by atoms with van der Waals surface area (Å²) >= 11 is 0. The summed E-state index contributed by atoms with van der Waals surface area (Å²) in [6.45, 7) is 4.22. The molecular formula is C26H32N2O4. The first-order valence-electron chi connectivity index (χ1n) is 11.7. The van der Waals surface area contributed by atoms with Gasteiger partial charge in [-0.25, -0.2) is 0 Å². The number of anilines is 1. The Hall–Kier alpha value is -2.41. The van der Waals surface area contributed by atoms with E-state index in [1.165, 1.54) is 0 Å². The van der Waals surface area contributed by atoms with Gasteiger partial charge in [0.25, 0.3) is 0 Å². The van der Waals surface area contributed by atoms with Crippen molar-refractivity contribution >= 4 is 11.6 Å². The Morgan fingerprint density at radius 1 is 1.19 bits per heavy atom. The van der Waals surface area contributed by atoms with Crippen LogP contribution < -0.4 is 10.1 Å². The molecule has 2 aromatic rings. The Kier molecular flexibility index (Phi) is 5.70. The molecule has 1 aliphatic carbocycles. The number of rotatable bonds is 5. The van der Waals surface area contributed by atoms with E-state index < -0.39 is 12.2 Å². The highest BCUT2D eigenvalue weighted by molar-refractivity contribution is 5.94. The van der Waals surface area contributed by atoms with Crippen LogP contribution in [0.1, 0.15) is 61.0 Å². The van der Waals surface area contributed by atoms with Crippen LogP contribution in [-0.2, 0) is 4.79 Å². The highest BCUT2D eigenvalue weighted by atomic mass is 16.5. The van der Waals surface area contributed by atoms with Crippen LogP contribution in [0, 0.1) is 12.8 Å². The molecule has 1 spiro atoms. The lowest BCUT2D eigenvalue weighted by molar-refractivity contribution is -0.117. The summed E-state index contributed by atoms with van der Waals surface area (Å²) < 4.78 is 6.41. The number of aliphatic hydroxyl groups is 2. The van der Waals surface area contributed by atoms with Crippen LogP contribution in [0.25, 0.3) is 0 Å². The SMILES string of the molecule is Cc1ccc2c(c1)[C@@H](O)CC1(CCN(C[C@@H](O)c3ccc(NC(=O)C4CC4)cc3)CC1)O2. The second-order valence-electron chi connectivity index (χ2n) is 9.75. The molecule has 6 heteroatoms. The van der Waals surface area contributed by atoms with Crippen molar-refractivity contribution in [2.75, 3.05) is 25.0 Å². The van der Waals surface area contributed by atoms with Gasteiger partial charge in [-0.3, -0.25) is 4.79 Å². The molecule has 170 valence electrons. The van der Waals surface area contributed by atoms with E-state index >= 15 is 0 Å². The summed E-state index contributed by atoms with van der Waals surface area (Å²) in [6, 6.07) is 13.5. The summed E-state index contributed by atoms with van der Waals surface area (Å²) in [5, 5.41) is 24.4. The zero-order chi connectivity index (χ0) is 22.3. The van der Waals surface area contributed by atoms with Crippen LogP contribution in [0.15, 0.2) is 42.5 Å². The second kappa shape index (κ2) is 8.50. The van der Waals surface area contributed by atoms with Crippen LogP contribution in [0.5, 0.6) is 5.75 Å². The molecule has 2 atom stereocenters. The second-order valence-corrected chi connectivity index (χ2v) is 9.75. The van der Waals surface area contributed by atoms with Gasteiger partial charge in [-0.2, -0.15) is 0 Å². The minimum Gasteiger partial charge on any atom is -0.487 e. The number of aryl methyl sites for hydroxylation is 1. The smallest absolute Gasteiger partial charge is 0.227 e. The molecule has 5 rings (SSSR count). The molecule has 3 aliphatic rings. The van der Waals surface area contributed by atoms with E-state index in [1.54, 1.807) is 0 Å². The minimum absolute atomic E-state index is 0.0911. The van der Waals surface area contributed by atoms with Gasteiger partial charge in [0, 0.05) is 43.2 Å². The Morgan fingerprint density at radius 3 is 2.59 bits per heavy atom. The first kappa shape index (κ1) is 21.4. The van der Waals surface area contributed by atoms with E-state index in [1.807, 2.05) is 49.4 Å². The standard InChI is InChI=1S/C26H32N2O4/c1-17-2-9-24-21(14-17)22(29)15-26(32-24)10-12-28(13-11-26)16-23(30)18-5-7-20(8-6-18)27-25(31)19-3-4-19/h2,5-9,14,19,22-23,29-30H,3-4,10-13,15-16H2,1H3,(H,27,31)/t22-,23+/m0/s1. The van der Waals surface area contributed by atoms with Crippen molar-refractivity contribution < 1.29 is 19.7 Å². The third kappa shape index (κ3) is 4.53. The summed E-state index contributed by atoms with van der Waals surface area (Å²) in [4.78, 5) is 14.2. The Labute approximate surface area is 189 Å². The van der Waals surface area contributed by atoms with Gasteiger partial charge in [0.15, 0.2) is 0 Å². The maximum atomic E-state index is 11.9. The fraction of sp³-hybridized carbons (Fsp3) is 0.500. The number of nitrogens with zero attached hydrogens (tertiary/aromatic N) is 1. The number of piperidine rings is 1. The summed E-state index contributed by atoms with van der Waals surface area (Å²) in [5.41, 5.74) is 3.32. The molecule has 6 nitrogen and oxygen atoms in total. The predicted octanol–water partition coefficient (Wildman–Crippen LogP) is 3.73. The lowest BCUT2D eigenvalue weighted by atomic mass is 9.81. The molecule has 2 heterocycles. The van der Waals surface area contributed by atoms with Gasteiger partial charge in [-0.1, -0.05) is 23.8 Å². The molecule has 0 bridgehead atoms. The molecule has 0 radical (unpaired) electrons. The van der Waals surface area contributed by atoms with Crippen molar-refractivity contribution in [2.45, 2.75) is 56.8 Å². The molecular weight excluding hydrogens is 404 g/mol. The Balaban J connectivity index is 1.15. The summed E-state index contributed by atoms with van der Waals surface area (Å²) in [6.07, 6.45) is 3.17. The molecule has 1 amide bonds. The number of hydrogen-bond acceptors (Lipinski definition) is 5. The number of fused-ring (bicyclic) bond motifs is 1. The third-order valence-electron chi connectivity index (χ3n) is 7.13. The van der Waals surface area contributed by atoms with Crippen molar-refractivity contribution in [3.05, 3.63) is 59.2 Å². The van der Waals surface area contributed by atoms with Crippen molar-refractivity contribution in [1.29, 1.82) is 0 Å². The van der Waals surface area contributed by atoms with Gasteiger partial charge in [0.2, 0.25) is 5.91 Å². The topological polar surface area (TPSA) is 82.0 Å². The van der Waals surface area contributed by atoms with Crippen molar-refractivity contribution in [1.82, 2.24) is 4.90 Å². The number of carbonyl (C=O) groups excluding carboxylic acids is 1. The first-order chi connectivity index (χ1) is 15.4. The Morgan fingerprint density at radius 2 is 1.91 bits per heavy atom. The number of hydrogen-bond donors (Lipinski definition) is 3. The minimum atomic E-state index is -0.584. The van der Waals surface area contributed by atoms with E-state index in [0.717, 1.165) is 66.9 Å². The summed E-state index contributed by atoms with van der Waals surface area (Å²) in [7, 11) is 0. The maximum Gasteiger partial charge on any atom is 0.227 e. The average molecular weight is 437 g/mol. The van der Waals surface area contributed by atoms with E-state index in [9.17, 15) is 15.0 Å². The Bertz CT molecular complexity index is 978. The fourth-order valence-corrected chi connectivity index (χ4v) is 4.94. The molecule has 2 aliphatic heterocycles. The van der Waals surface area contributed by atoms with Crippen molar-refractivity contribution in [2.24, 2.45) is 5.92 Å². The predicted molar refractivity (Wildman–Crippen MR) is 123 cm³/mol. The number of carbonyl (C=O) groups is 1.